The summed E-state index contributed by atoms with van der Waals surface area (Å²) in [6.45, 7) is 8.05. The molecule has 0 aromatic heterocycles. The first-order valence-electron chi connectivity index (χ1n) is 6.01. The van der Waals surface area contributed by atoms with Gasteiger partial charge in [-0.25, -0.2) is 4.79 Å². The molecule has 2 amide bonds. The molecule has 0 spiro atoms. The molecule has 0 heterocycles. The van der Waals surface area contributed by atoms with Crippen molar-refractivity contribution >= 4 is 12.5 Å². The highest BCUT2D eigenvalue weighted by molar-refractivity contribution is 5.67. The maximum absolute atomic E-state index is 11.3. The second-order valence-corrected chi connectivity index (χ2v) is 5.11. The molecule has 0 radical (unpaired) electrons. The van der Waals surface area contributed by atoms with Gasteiger partial charge in [-0.2, -0.15) is 0 Å². The zero-order chi connectivity index (χ0) is 13.3. The van der Waals surface area contributed by atoms with Crippen LogP contribution in [0.2, 0.25) is 0 Å². The molecule has 1 atom stereocenters. The molecule has 2 N–H and O–H groups in total. The van der Waals surface area contributed by atoms with Crippen LogP contribution in [0.25, 0.3) is 0 Å². The van der Waals surface area contributed by atoms with Crippen LogP contribution in [0.15, 0.2) is 0 Å². The van der Waals surface area contributed by atoms with E-state index in [4.69, 9.17) is 4.74 Å². The quantitative estimate of drug-likeness (QED) is 0.530. The maximum atomic E-state index is 11.3. The zero-order valence-electron chi connectivity index (χ0n) is 11.2. The van der Waals surface area contributed by atoms with Crippen LogP contribution in [0.5, 0.6) is 0 Å². The number of carbonyl (C=O) groups excluding carboxylic acids is 2. The average Bonchev–Trinajstić information content (AvgIpc) is 2.14. The lowest BCUT2D eigenvalue weighted by Gasteiger charge is -2.19. The van der Waals surface area contributed by atoms with Crippen molar-refractivity contribution in [2.45, 2.75) is 58.6 Å². The fourth-order valence-electron chi connectivity index (χ4n) is 1.28. The van der Waals surface area contributed by atoms with Gasteiger partial charge in [-0.3, -0.25) is 4.79 Å². The second kappa shape index (κ2) is 7.92. The Labute approximate surface area is 103 Å². The van der Waals surface area contributed by atoms with Gasteiger partial charge in [0.2, 0.25) is 6.41 Å². The van der Waals surface area contributed by atoms with Crippen molar-refractivity contribution in [1.82, 2.24) is 10.6 Å². The summed E-state index contributed by atoms with van der Waals surface area (Å²) in [6.07, 6.45) is 3.08. The predicted octanol–water partition coefficient (Wildman–Crippen LogP) is 1.82. The summed E-state index contributed by atoms with van der Waals surface area (Å²) in [7, 11) is 0. The number of nitrogens with one attached hydrogen (secondary N) is 2. The molecule has 0 saturated heterocycles. The molecule has 17 heavy (non-hydrogen) atoms. The molecule has 0 fully saturated rings. The van der Waals surface area contributed by atoms with Gasteiger partial charge in [0.1, 0.15) is 5.60 Å². The van der Waals surface area contributed by atoms with Gasteiger partial charge in [0.05, 0.1) is 0 Å². The van der Waals surface area contributed by atoms with Crippen molar-refractivity contribution in [3.63, 3.8) is 0 Å². The summed E-state index contributed by atoms with van der Waals surface area (Å²) in [5.41, 5.74) is -0.452. The van der Waals surface area contributed by atoms with E-state index in [1.54, 1.807) is 0 Å². The molecule has 100 valence electrons. The number of amides is 2. The molecule has 0 aromatic rings. The first-order chi connectivity index (χ1) is 7.85. The Morgan fingerprint density at radius 2 is 2.00 bits per heavy atom. The normalized spacial score (nSPS) is 12.7. The number of hydrogen-bond acceptors (Lipinski definition) is 3. The molecule has 0 aromatic carbocycles. The van der Waals surface area contributed by atoms with Gasteiger partial charge in [-0.05, 0) is 47.0 Å². The highest BCUT2D eigenvalue weighted by atomic mass is 16.6. The Morgan fingerprint density at radius 1 is 1.35 bits per heavy atom. The minimum absolute atomic E-state index is 0.189. The van der Waals surface area contributed by atoms with Gasteiger partial charge in [-0.15, -0.1) is 0 Å². The van der Waals surface area contributed by atoms with E-state index in [1.807, 2.05) is 27.7 Å². The van der Waals surface area contributed by atoms with Crippen LogP contribution in [0.1, 0.15) is 47.0 Å². The Hall–Kier alpha value is -1.26. The fraction of sp³-hybridized carbons (Fsp3) is 0.833. The van der Waals surface area contributed by atoms with E-state index in [2.05, 4.69) is 10.6 Å². The number of carbonyl (C=O) groups is 2. The third kappa shape index (κ3) is 11.0. The topological polar surface area (TPSA) is 67.4 Å². The molecule has 5 heteroatoms. The van der Waals surface area contributed by atoms with E-state index in [0.29, 0.717) is 13.0 Å². The molecule has 0 aliphatic carbocycles. The zero-order valence-corrected chi connectivity index (χ0v) is 11.2. The summed E-state index contributed by atoms with van der Waals surface area (Å²) in [4.78, 5) is 21.4. The average molecular weight is 244 g/mol. The first kappa shape index (κ1) is 15.7. The monoisotopic (exact) mass is 244 g/mol. The third-order valence-corrected chi connectivity index (χ3v) is 2.08. The number of unbranched alkanes of at least 4 members (excludes halogenated alkanes) is 1. The van der Waals surface area contributed by atoms with E-state index >= 15 is 0 Å². The number of alkyl carbamates (subject to hydrolysis) is 1. The Kier molecular flexibility index (Phi) is 7.34. The van der Waals surface area contributed by atoms with Gasteiger partial charge in [0.15, 0.2) is 0 Å². The molecule has 0 rings (SSSR count). The smallest absolute Gasteiger partial charge is 0.407 e. The van der Waals surface area contributed by atoms with Crippen LogP contribution >= 0.6 is 0 Å². The van der Waals surface area contributed by atoms with Crippen molar-refractivity contribution in [2.24, 2.45) is 0 Å². The Balaban J connectivity index is 3.45. The van der Waals surface area contributed by atoms with Crippen LogP contribution in [0.3, 0.4) is 0 Å². The van der Waals surface area contributed by atoms with Gasteiger partial charge < -0.3 is 15.4 Å². The summed E-state index contributed by atoms with van der Waals surface area (Å²) >= 11 is 0. The number of ether oxygens (including phenoxy) is 1. The number of hydrogen-bond donors (Lipinski definition) is 2. The van der Waals surface area contributed by atoms with E-state index in [1.165, 1.54) is 0 Å². The van der Waals surface area contributed by atoms with Crippen molar-refractivity contribution in [3.05, 3.63) is 0 Å². The molecular formula is C12H24N2O3. The molecule has 1 unspecified atom stereocenters. The van der Waals surface area contributed by atoms with Crippen LogP contribution in [0.4, 0.5) is 4.79 Å². The molecule has 0 saturated carbocycles. The van der Waals surface area contributed by atoms with Crippen LogP contribution < -0.4 is 10.6 Å². The molecular weight excluding hydrogens is 220 g/mol. The van der Waals surface area contributed by atoms with E-state index in [0.717, 1.165) is 19.3 Å². The van der Waals surface area contributed by atoms with Crippen molar-refractivity contribution in [2.75, 3.05) is 6.54 Å². The lowest BCUT2D eigenvalue weighted by Crippen LogP contribution is -2.33. The third-order valence-electron chi connectivity index (χ3n) is 2.08. The second-order valence-electron chi connectivity index (χ2n) is 5.11. The summed E-state index contributed by atoms with van der Waals surface area (Å²) in [5, 5.41) is 5.38. The first-order valence-corrected chi connectivity index (χ1v) is 6.01. The van der Waals surface area contributed by atoms with Gasteiger partial charge in [0.25, 0.3) is 0 Å². The van der Waals surface area contributed by atoms with Crippen molar-refractivity contribution in [3.8, 4) is 0 Å². The minimum atomic E-state index is -0.452. The summed E-state index contributed by atoms with van der Waals surface area (Å²) in [5.74, 6) is 0. The predicted molar refractivity (Wildman–Crippen MR) is 66.7 cm³/mol. The van der Waals surface area contributed by atoms with Gasteiger partial charge >= 0.3 is 6.09 Å². The van der Waals surface area contributed by atoms with Crippen molar-refractivity contribution in [1.29, 1.82) is 0 Å². The maximum Gasteiger partial charge on any atom is 0.407 e. The lowest BCUT2D eigenvalue weighted by molar-refractivity contribution is -0.110. The summed E-state index contributed by atoms with van der Waals surface area (Å²) in [6, 6.07) is 0.189. The van der Waals surface area contributed by atoms with Crippen LogP contribution in [-0.4, -0.2) is 30.7 Å². The Bertz CT molecular complexity index is 236. The molecule has 0 aliphatic heterocycles. The molecule has 5 nitrogen and oxygen atoms in total. The minimum Gasteiger partial charge on any atom is -0.444 e. The standard InChI is InChI=1S/C12H24N2O3/c1-10(14-9-15)7-5-6-8-13-11(16)17-12(2,3)4/h9-10H,5-8H2,1-4H3,(H,13,16)(H,14,15). The highest BCUT2D eigenvalue weighted by Gasteiger charge is 2.15. The lowest BCUT2D eigenvalue weighted by atomic mass is 10.1. The van der Waals surface area contributed by atoms with Crippen molar-refractivity contribution < 1.29 is 14.3 Å². The highest BCUT2D eigenvalue weighted by Crippen LogP contribution is 2.06. The molecule has 0 bridgehead atoms. The molecule has 0 aliphatic rings. The summed E-state index contributed by atoms with van der Waals surface area (Å²) < 4.78 is 5.10. The Morgan fingerprint density at radius 3 is 2.53 bits per heavy atom. The van der Waals surface area contributed by atoms with E-state index in [-0.39, 0.29) is 12.1 Å². The largest absolute Gasteiger partial charge is 0.444 e. The van der Waals surface area contributed by atoms with E-state index < -0.39 is 5.60 Å². The SMILES string of the molecule is CC(CCCCNC(=O)OC(C)(C)C)NC=O. The van der Waals surface area contributed by atoms with E-state index in [9.17, 15) is 9.59 Å². The van der Waals surface area contributed by atoms with Crippen LogP contribution in [-0.2, 0) is 9.53 Å². The van der Waals surface area contributed by atoms with Crippen LogP contribution in [0, 0.1) is 0 Å². The van der Waals surface area contributed by atoms with Gasteiger partial charge in [0, 0.05) is 12.6 Å². The number of rotatable bonds is 7. The van der Waals surface area contributed by atoms with Gasteiger partial charge in [-0.1, -0.05) is 0 Å². The fourth-order valence-corrected chi connectivity index (χ4v) is 1.28.